The van der Waals surface area contributed by atoms with Gasteiger partial charge < -0.3 is 4.90 Å². The predicted molar refractivity (Wildman–Crippen MR) is 91.2 cm³/mol. The van der Waals surface area contributed by atoms with Gasteiger partial charge in [-0.3, -0.25) is 4.79 Å². The molecule has 0 bridgehead atoms. The van der Waals surface area contributed by atoms with E-state index in [4.69, 9.17) is 0 Å². The molecular weight excluding hydrogens is 258 g/mol. The Morgan fingerprint density at radius 2 is 1.71 bits per heavy atom. The first-order chi connectivity index (χ1) is 9.23. The highest BCUT2D eigenvalue weighted by molar-refractivity contribution is 5.79. The van der Waals surface area contributed by atoms with Crippen LogP contribution >= 0.6 is 0 Å². The van der Waals surface area contributed by atoms with E-state index in [1.165, 1.54) is 0 Å². The Hall–Kier alpha value is -0.530. The van der Waals surface area contributed by atoms with Crippen molar-refractivity contribution in [2.45, 2.75) is 87.6 Å². The first-order valence-electron chi connectivity index (χ1n) is 8.53. The highest BCUT2D eigenvalue weighted by Crippen LogP contribution is 2.39. The minimum Gasteiger partial charge on any atom is -0.339 e. The lowest BCUT2D eigenvalue weighted by molar-refractivity contribution is -0.140. The van der Waals surface area contributed by atoms with Crippen molar-refractivity contribution in [3.05, 3.63) is 0 Å². The minimum atomic E-state index is 0.122. The minimum absolute atomic E-state index is 0.122. The average molecular weight is 296 g/mol. The maximum atomic E-state index is 12.9. The van der Waals surface area contributed by atoms with Gasteiger partial charge in [-0.25, -0.2) is 0 Å². The molecule has 2 nitrogen and oxygen atoms in total. The molecule has 1 aliphatic rings. The maximum absolute atomic E-state index is 12.9. The number of carbonyl (C=O) groups is 1. The van der Waals surface area contributed by atoms with E-state index >= 15 is 0 Å². The lowest BCUT2D eigenvalue weighted by Crippen LogP contribution is -2.50. The van der Waals surface area contributed by atoms with Crippen molar-refractivity contribution in [1.29, 1.82) is 0 Å². The van der Waals surface area contributed by atoms with Crippen LogP contribution in [0.5, 0.6) is 0 Å². The zero-order chi connectivity index (χ0) is 16.6. The van der Waals surface area contributed by atoms with Crippen LogP contribution in [0.15, 0.2) is 0 Å². The number of carbonyl (C=O) groups excluding carboxylic acids is 1. The molecule has 0 N–H and O–H groups in total. The van der Waals surface area contributed by atoms with Gasteiger partial charge in [0.25, 0.3) is 0 Å². The Morgan fingerprint density at radius 3 is 2.14 bits per heavy atom. The lowest BCUT2D eigenvalue weighted by Gasteiger charge is -2.43. The summed E-state index contributed by atoms with van der Waals surface area (Å²) >= 11 is 0. The molecule has 0 aliphatic carbocycles. The van der Waals surface area contributed by atoms with Crippen molar-refractivity contribution in [2.75, 3.05) is 6.54 Å². The normalized spacial score (nSPS) is 25.7. The summed E-state index contributed by atoms with van der Waals surface area (Å²) in [6, 6.07) is 0.321. The van der Waals surface area contributed by atoms with Crippen molar-refractivity contribution < 1.29 is 4.79 Å². The van der Waals surface area contributed by atoms with E-state index in [0.29, 0.717) is 11.9 Å². The zero-order valence-electron chi connectivity index (χ0n) is 15.8. The molecule has 1 rings (SSSR count). The molecule has 0 aromatic carbocycles. The lowest BCUT2D eigenvalue weighted by atomic mass is 9.76. The van der Waals surface area contributed by atoms with Crippen LogP contribution in [0.25, 0.3) is 0 Å². The molecule has 0 spiro atoms. The second kappa shape index (κ2) is 5.93. The number of likely N-dealkylation sites (tertiary alicyclic amines) is 1. The summed E-state index contributed by atoms with van der Waals surface area (Å²) in [6.45, 7) is 21.3. The topological polar surface area (TPSA) is 20.3 Å². The van der Waals surface area contributed by atoms with Crippen molar-refractivity contribution in [1.82, 2.24) is 4.90 Å². The van der Waals surface area contributed by atoms with E-state index in [2.05, 4.69) is 67.2 Å². The first kappa shape index (κ1) is 18.5. The fourth-order valence-electron chi connectivity index (χ4n) is 3.61. The average Bonchev–Trinajstić information content (AvgIpc) is 2.32. The second-order valence-electron chi connectivity index (χ2n) is 10.2. The molecule has 1 fully saturated rings. The number of hydrogen-bond acceptors (Lipinski definition) is 1. The van der Waals surface area contributed by atoms with E-state index in [1.807, 2.05) is 0 Å². The molecule has 2 heteroatoms. The van der Waals surface area contributed by atoms with Crippen molar-refractivity contribution >= 4 is 5.91 Å². The highest BCUT2D eigenvalue weighted by Gasteiger charge is 2.40. The van der Waals surface area contributed by atoms with Gasteiger partial charge in [0, 0.05) is 18.5 Å². The van der Waals surface area contributed by atoms with E-state index in [1.54, 1.807) is 0 Å². The number of nitrogens with zero attached hydrogens (tertiary/aromatic N) is 1. The molecule has 1 aliphatic heterocycles. The van der Waals surface area contributed by atoms with Crippen LogP contribution in [0.2, 0.25) is 0 Å². The van der Waals surface area contributed by atoms with Crippen LogP contribution in [0, 0.1) is 22.2 Å². The molecule has 1 heterocycles. The quantitative estimate of drug-likeness (QED) is 0.692. The van der Waals surface area contributed by atoms with Gasteiger partial charge >= 0.3 is 0 Å². The summed E-state index contributed by atoms with van der Waals surface area (Å²) in [7, 11) is 0. The molecular formula is C19H37NO. The third-order valence-electron chi connectivity index (χ3n) is 4.77. The Bertz CT molecular complexity index is 370. The molecule has 1 saturated heterocycles. The summed E-state index contributed by atoms with van der Waals surface area (Å²) < 4.78 is 0. The van der Waals surface area contributed by atoms with Gasteiger partial charge in [-0.2, -0.15) is 0 Å². The van der Waals surface area contributed by atoms with Crippen molar-refractivity contribution in [2.24, 2.45) is 22.2 Å². The van der Waals surface area contributed by atoms with Crippen molar-refractivity contribution in [3.63, 3.8) is 0 Å². The van der Waals surface area contributed by atoms with Gasteiger partial charge in [0.15, 0.2) is 0 Å². The SMILES string of the molecule is CC1CC(C)(C)CCN(C(CC(C)(C)C)C(C)(C)C)C1=O. The van der Waals surface area contributed by atoms with E-state index < -0.39 is 0 Å². The standard InChI is InChI=1S/C19H37NO/c1-14-12-19(8,9)10-11-20(16(14)21)15(18(5,6)7)13-17(2,3)4/h14-15H,10-13H2,1-9H3. The Kier molecular flexibility index (Phi) is 5.23. The summed E-state index contributed by atoms with van der Waals surface area (Å²) in [5.74, 6) is 0.511. The van der Waals surface area contributed by atoms with E-state index in [-0.39, 0.29) is 22.2 Å². The molecule has 0 aromatic heterocycles. The third kappa shape index (κ3) is 5.30. The maximum Gasteiger partial charge on any atom is 0.225 e. The highest BCUT2D eigenvalue weighted by atomic mass is 16.2. The predicted octanol–water partition coefficient (Wildman–Crippen LogP) is 5.12. The summed E-state index contributed by atoms with van der Waals surface area (Å²) in [4.78, 5) is 15.1. The Balaban J connectivity index is 3.08. The summed E-state index contributed by atoms with van der Waals surface area (Å²) in [6.07, 6.45) is 3.18. The number of hydrogen-bond donors (Lipinski definition) is 0. The Morgan fingerprint density at radius 1 is 1.19 bits per heavy atom. The van der Waals surface area contributed by atoms with Gasteiger partial charge in [-0.05, 0) is 35.5 Å². The molecule has 0 saturated carbocycles. The third-order valence-corrected chi connectivity index (χ3v) is 4.77. The second-order valence-corrected chi connectivity index (χ2v) is 10.2. The largest absolute Gasteiger partial charge is 0.339 e. The first-order valence-corrected chi connectivity index (χ1v) is 8.53. The van der Waals surface area contributed by atoms with E-state index in [9.17, 15) is 4.79 Å². The number of amides is 1. The molecule has 0 aromatic rings. The van der Waals surface area contributed by atoms with Crippen molar-refractivity contribution in [3.8, 4) is 0 Å². The van der Waals surface area contributed by atoms with Gasteiger partial charge in [-0.1, -0.05) is 62.3 Å². The van der Waals surface area contributed by atoms with Gasteiger partial charge in [-0.15, -0.1) is 0 Å². The fourth-order valence-corrected chi connectivity index (χ4v) is 3.61. The van der Waals surface area contributed by atoms with Gasteiger partial charge in [0.05, 0.1) is 0 Å². The van der Waals surface area contributed by atoms with Crippen LogP contribution in [0.4, 0.5) is 0 Å². The van der Waals surface area contributed by atoms with Crippen LogP contribution in [-0.4, -0.2) is 23.4 Å². The molecule has 1 amide bonds. The van der Waals surface area contributed by atoms with Gasteiger partial charge in [0.1, 0.15) is 0 Å². The van der Waals surface area contributed by atoms with Crippen LogP contribution in [0.3, 0.4) is 0 Å². The van der Waals surface area contributed by atoms with E-state index in [0.717, 1.165) is 25.8 Å². The zero-order valence-corrected chi connectivity index (χ0v) is 15.8. The summed E-state index contributed by atoms with van der Waals surface area (Å²) in [5.41, 5.74) is 0.633. The Labute approximate surface area is 132 Å². The van der Waals surface area contributed by atoms with Crippen LogP contribution < -0.4 is 0 Å². The van der Waals surface area contributed by atoms with Crippen LogP contribution in [0.1, 0.15) is 81.6 Å². The van der Waals surface area contributed by atoms with Gasteiger partial charge in [0.2, 0.25) is 5.91 Å². The molecule has 124 valence electrons. The fraction of sp³-hybridized carbons (Fsp3) is 0.947. The van der Waals surface area contributed by atoms with Crippen LogP contribution in [-0.2, 0) is 4.79 Å². The molecule has 21 heavy (non-hydrogen) atoms. The summed E-state index contributed by atoms with van der Waals surface area (Å²) in [5, 5.41) is 0. The number of rotatable bonds is 2. The monoisotopic (exact) mass is 295 g/mol. The smallest absolute Gasteiger partial charge is 0.225 e. The molecule has 2 atom stereocenters. The molecule has 2 unspecified atom stereocenters. The molecule has 0 radical (unpaired) electrons.